The number of aryl methyl sites for hydroxylation is 1. The van der Waals surface area contributed by atoms with Crippen molar-refractivity contribution in [2.45, 2.75) is 13.0 Å². The minimum atomic E-state index is -0.181. The number of rotatable bonds is 5. The van der Waals surface area contributed by atoms with Crippen molar-refractivity contribution >= 4 is 27.3 Å². The fourth-order valence-electron chi connectivity index (χ4n) is 2.04. The Balaban J connectivity index is 2.56. The monoisotopic (exact) mass is 357 g/mol. The van der Waals surface area contributed by atoms with Gasteiger partial charge in [0.05, 0.1) is 36.3 Å². The van der Waals surface area contributed by atoms with Crippen LogP contribution in [0.25, 0.3) is 0 Å². The van der Waals surface area contributed by atoms with Crippen molar-refractivity contribution in [3.63, 3.8) is 0 Å². The summed E-state index contributed by atoms with van der Waals surface area (Å²) in [7, 11) is 3.24. The van der Waals surface area contributed by atoms with Gasteiger partial charge in [0.1, 0.15) is 16.0 Å². The van der Waals surface area contributed by atoms with E-state index in [1.165, 1.54) is 0 Å². The molecule has 0 radical (unpaired) electrons. The Labute approximate surface area is 130 Å². The van der Waals surface area contributed by atoms with Crippen molar-refractivity contribution < 1.29 is 9.47 Å². The second kappa shape index (κ2) is 6.53. The van der Waals surface area contributed by atoms with Gasteiger partial charge in [-0.05, 0) is 35.0 Å². The molecule has 0 spiro atoms. The molecule has 20 heavy (non-hydrogen) atoms. The topological polar surface area (TPSA) is 69.4 Å². The quantitative estimate of drug-likeness (QED) is 0.635. The number of aromatic nitrogens is 1. The molecule has 5 nitrogen and oxygen atoms in total. The van der Waals surface area contributed by atoms with Crippen molar-refractivity contribution in [1.82, 2.24) is 10.4 Å². The van der Waals surface area contributed by atoms with E-state index in [9.17, 15) is 0 Å². The standard InChI is InChI=1S/C13H16BrN3O2S/c1-7-13(20-6-16-7)11(17-15)8-4-5-9(18-2)10(14)12(8)19-3/h4-6,11,17H,15H2,1-3H3. The highest BCUT2D eigenvalue weighted by molar-refractivity contribution is 9.10. The predicted octanol–water partition coefficient (Wildman–Crippen LogP) is 2.78. The highest BCUT2D eigenvalue weighted by Gasteiger charge is 2.23. The lowest BCUT2D eigenvalue weighted by atomic mass is 10.0. The van der Waals surface area contributed by atoms with Crippen molar-refractivity contribution in [3.05, 3.63) is 38.3 Å². The van der Waals surface area contributed by atoms with Crippen LogP contribution in [0.4, 0.5) is 0 Å². The SMILES string of the molecule is COc1ccc(C(NN)c2scnc2C)c(OC)c1Br. The summed E-state index contributed by atoms with van der Waals surface area (Å²) < 4.78 is 11.5. The first-order chi connectivity index (χ1) is 9.63. The number of hydrogen-bond donors (Lipinski definition) is 2. The molecule has 0 aliphatic rings. The molecule has 0 saturated carbocycles. The lowest BCUT2D eigenvalue weighted by molar-refractivity contribution is 0.383. The lowest BCUT2D eigenvalue weighted by Crippen LogP contribution is -2.29. The Morgan fingerprint density at radius 1 is 1.35 bits per heavy atom. The van der Waals surface area contributed by atoms with Crippen LogP contribution in [0, 0.1) is 6.92 Å². The summed E-state index contributed by atoms with van der Waals surface area (Å²) in [5.74, 6) is 7.14. The van der Waals surface area contributed by atoms with Crippen LogP contribution in [0.2, 0.25) is 0 Å². The van der Waals surface area contributed by atoms with E-state index in [0.717, 1.165) is 20.6 Å². The average Bonchev–Trinajstić information content (AvgIpc) is 2.86. The molecule has 0 aliphatic heterocycles. The summed E-state index contributed by atoms with van der Waals surface area (Å²) in [5, 5.41) is 0. The molecule has 1 atom stereocenters. The molecule has 0 bridgehead atoms. The van der Waals surface area contributed by atoms with Crippen LogP contribution in [0.3, 0.4) is 0 Å². The van der Waals surface area contributed by atoms with E-state index in [0.29, 0.717) is 11.5 Å². The Hall–Kier alpha value is -1.15. The second-order valence-corrected chi connectivity index (χ2v) is 5.79. The summed E-state index contributed by atoms with van der Waals surface area (Å²) in [6.07, 6.45) is 0. The summed E-state index contributed by atoms with van der Waals surface area (Å²) in [6.45, 7) is 1.96. The smallest absolute Gasteiger partial charge is 0.142 e. The number of hydrogen-bond acceptors (Lipinski definition) is 6. The molecule has 108 valence electrons. The second-order valence-electron chi connectivity index (χ2n) is 4.11. The van der Waals surface area contributed by atoms with E-state index in [-0.39, 0.29) is 6.04 Å². The van der Waals surface area contributed by atoms with Crippen molar-refractivity contribution in [3.8, 4) is 11.5 Å². The van der Waals surface area contributed by atoms with Gasteiger partial charge in [0.25, 0.3) is 0 Å². The maximum atomic E-state index is 5.74. The van der Waals surface area contributed by atoms with E-state index in [4.69, 9.17) is 15.3 Å². The third-order valence-electron chi connectivity index (χ3n) is 3.04. The van der Waals surface area contributed by atoms with Crippen molar-refractivity contribution in [2.75, 3.05) is 14.2 Å². The molecule has 2 aromatic rings. The Morgan fingerprint density at radius 3 is 2.60 bits per heavy atom. The summed E-state index contributed by atoms with van der Waals surface area (Å²) in [5.41, 5.74) is 6.51. The molecule has 2 rings (SSSR count). The molecule has 7 heteroatoms. The Bertz CT molecular complexity index is 603. The molecule has 0 saturated heterocycles. The maximum absolute atomic E-state index is 5.74. The van der Waals surface area contributed by atoms with Crippen molar-refractivity contribution in [1.29, 1.82) is 0 Å². The molecule has 0 fully saturated rings. The van der Waals surface area contributed by atoms with Crippen LogP contribution in [0.15, 0.2) is 22.1 Å². The third kappa shape index (κ3) is 2.67. The normalized spacial score (nSPS) is 12.2. The van der Waals surface area contributed by atoms with Crippen LogP contribution in [-0.2, 0) is 0 Å². The van der Waals surface area contributed by atoms with E-state index < -0.39 is 0 Å². The first-order valence-corrected chi connectivity index (χ1v) is 7.57. The number of nitrogens with two attached hydrogens (primary N) is 1. The Morgan fingerprint density at radius 2 is 2.10 bits per heavy atom. The highest BCUT2D eigenvalue weighted by Crippen LogP contribution is 2.42. The third-order valence-corrected chi connectivity index (χ3v) is 4.79. The van der Waals surface area contributed by atoms with Gasteiger partial charge >= 0.3 is 0 Å². The van der Waals surface area contributed by atoms with Crippen LogP contribution in [0.1, 0.15) is 22.2 Å². The molecular formula is C13H16BrN3O2S. The Kier molecular flexibility index (Phi) is 4.98. The van der Waals surface area contributed by atoms with Gasteiger partial charge in [0.15, 0.2) is 0 Å². The van der Waals surface area contributed by atoms with Gasteiger partial charge in [0, 0.05) is 5.56 Å². The number of benzene rings is 1. The van der Waals surface area contributed by atoms with Gasteiger partial charge < -0.3 is 9.47 Å². The molecule has 0 aliphatic carbocycles. The highest BCUT2D eigenvalue weighted by atomic mass is 79.9. The first kappa shape index (κ1) is 15.2. The summed E-state index contributed by atoms with van der Waals surface area (Å²) >= 11 is 5.06. The number of ether oxygens (including phenoxy) is 2. The zero-order chi connectivity index (χ0) is 14.7. The molecule has 3 N–H and O–H groups in total. The van der Waals surface area contributed by atoms with Gasteiger partial charge in [-0.3, -0.25) is 5.84 Å². The molecule has 1 aromatic carbocycles. The number of methoxy groups -OCH3 is 2. The fourth-order valence-corrected chi connectivity index (χ4v) is 3.60. The maximum Gasteiger partial charge on any atom is 0.142 e. The zero-order valence-electron chi connectivity index (χ0n) is 11.4. The molecular weight excluding hydrogens is 342 g/mol. The fraction of sp³-hybridized carbons (Fsp3) is 0.308. The van der Waals surface area contributed by atoms with Gasteiger partial charge in [0.2, 0.25) is 0 Å². The number of hydrazine groups is 1. The van der Waals surface area contributed by atoms with Gasteiger partial charge in [-0.2, -0.15) is 0 Å². The van der Waals surface area contributed by atoms with E-state index in [1.807, 2.05) is 19.1 Å². The largest absolute Gasteiger partial charge is 0.495 e. The number of nitrogens with one attached hydrogen (secondary N) is 1. The zero-order valence-corrected chi connectivity index (χ0v) is 13.8. The van der Waals surface area contributed by atoms with Crippen LogP contribution in [-0.4, -0.2) is 19.2 Å². The van der Waals surface area contributed by atoms with Crippen molar-refractivity contribution in [2.24, 2.45) is 5.84 Å². The minimum absolute atomic E-state index is 0.181. The van der Waals surface area contributed by atoms with Crippen LogP contribution < -0.4 is 20.7 Å². The minimum Gasteiger partial charge on any atom is -0.495 e. The molecule has 1 aromatic heterocycles. The average molecular weight is 358 g/mol. The molecule has 1 unspecified atom stereocenters. The first-order valence-electron chi connectivity index (χ1n) is 5.90. The number of nitrogens with zero attached hydrogens (tertiary/aromatic N) is 1. The van der Waals surface area contributed by atoms with E-state index in [1.54, 1.807) is 31.1 Å². The van der Waals surface area contributed by atoms with Crippen LogP contribution >= 0.6 is 27.3 Å². The number of halogens is 1. The van der Waals surface area contributed by atoms with Gasteiger partial charge in [-0.1, -0.05) is 0 Å². The molecule has 0 amide bonds. The van der Waals surface area contributed by atoms with E-state index >= 15 is 0 Å². The predicted molar refractivity (Wildman–Crippen MR) is 83.3 cm³/mol. The summed E-state index contributed by atoms with van der Waals surface area (Å²) in [6, 6.07) is 3.63. The summed E-state index contributed by atoms with van der Waals surface area (Å²) in [4.78, 5) is 5.33. The molecule has 1 heterocycles. The number of thiazole rings is 1. The van der Waals surface area contributed by atoms with Gasteiger partial charge in [-0.25, -0.2) is 10.4 Å². The van der Waals surface area contributed by atoms with E-state index in [2.05, 4.69) is 26.3 Å². The van der Waals surface area contributed by atoms with Gasteiger partial charge in [-0.15, -0.1) is 11.3 Å². The lowest BCUT2D eigenvalue weighted by Gasteiger charge is -2.20. The van der Waals surface area contributed by atoms with Crippen LogP contribution in [0.5, 0.6) is 11.5 Å².